The van der Waals surface area contributed by atoms with Gasteiger partial charge in [0.1, 0.15) is 11.6 Å². The van der Waals surface area contributed by atoms with Crippen LogP contribution in [0, 0.1) is 18.6 Å². The van der Waals surface area contributed by atoms with Gasteiger partial charge in [-0.25, -0.2) is 8.78 Å². The zero-order valence-corrected chi connectivity index (χ0v) is 13.9. The first-order chi connectivity index (χ1) is 12.5. The van der Waals surface area contributed by atoms with Crippen molar-refractivity contribution in [2.24, 2.45) is 0 Å². The molecule has 1 aliphatic heterocycles. The Hall–Kier alpha value is -3.09. The summed E-state index contributed by atoms with van der Waals surface area (Å²) in [5.41, 5.74) is 1.75. The maximum Gasteiger partial charge on any atom is 0.258 e. The van der Waals surface area contributed by atoms with E-state index in [1.807, 2.05) is 31.2 Å². The van der Waals surface area contributed by atoms with Crippen LogP contribution in [0.15, 0.2) is 47.0 Å². The highest BCUT2D eigenvalue weighted by Crippen LogP contribution is 2.33. The maximum atomic E-state index is 14.0. The number of benzene rings is 2. The topological polar surface area (TPSA) is 59.2 Å². The van der Waals surface area contributed by atoms with Gasteiger partial charge in [0.05, 0.1) is 5.69 Å². The van der Waals surface area contributed by atoms with Crippen LogP contribution in [-0.2, 0) is 4.79 Å². The molecular weight excluding hydrogens is 340 g/mol. The Morgan fingerprint density at radius 1 is 1.19 bits per heavy atom. The number of rotatable bonds is 3. The molecule has 2 heterocycles. The summed E-state index contributed by atoms with van der Waals surface area (Å²) in [6, 6.07) is 10.6. The number of halogens is 2. The largest absolute Gasteiger partial charge is 0.334 e. The van der Waals surface area contributed by atoms with E-state index in [0.717, 1.165) is 29.3 Å². The van der Waals surface area contributed by atoms with Gasteiger partial charge >= 0.3 is 0 Å². The molecule has 0 bridgehead atoms. The Bertz CT molecular complexity index is 986. The van der Waals surface area contributed by atoms with Crippen molar-refractivity contribution in [3.8, 4) is 11.5 Å². The van der Waals surface area contributed by atoms with Gasteiger partial charge in [-0.15, -0.1) is 0 Å². The second kappa shape index (κ2) is 6.33. The molecule has 4 rings (SSSR count). The van der Waals surface area contributed by atoms with Crippen LogP contribution in [0.4, 0.5) is 14.5 Å². The Balaban J connectivity index is 1.60. The van der Waals surface area contributed by atoms with E-state index in [9.17, 15) is 13.6 Å². The average molecular weight is 355 g/mol. The fourth-order valence-corrected chi connectivity index (χ4v) is 3.13. The molecule has 0 N–H and O–H groups in total. The van der Waals surface area contributed by atoms with Gasteiger partial charge in [-0.05, 0) is 30.7 Å². The molecule has 5 nitrogen and oxygen atoms in total. The van der Waals surface area contributed by atoms with Gasteiger partial charge in [-0.1, -0.05) is 23.4 Å². The van der Waals surface area contributed by atoms with Crippen molar-refractivity contribution in [2.75, 3.05) is 11.4 Å². The lowest BCUT2D eigenvalue weighted by Gasteiger charge is -2.16. The Morgan fingerprint density at radius 2 is 2.00 bits per heavy atom. The van der Waals surface area contributed by atoms with Crippen molar-refractivity contribution >= 4 is 11.6 Å². The van der Waals surface area contributed by atoms with Gasteiger partial charge in [0, 0.05) is 30.5 Å². The molecule has 2 aromatic carbocycles. The van der Waals surface area contributed by atoms with Crippen LogP contribution >= 0.6 is 0 Å². The van der Waals surface area contributed by atoms with Crippen molar-refractivity contribution in [1.29, 1.82) is 0 Å². The molecule has 3 aromatic rings. The smallest absolute Gasteiger partial charge is 0.258 e. The Morgan fingerprint density at radius 3 is 2.81 bits per heavy atom. The van der Waals surface area contributed by atoms with Crippen molar-refractivity contribution in [3.05, 3.63) is 65.5 Å². The quantitative estimate of drug-likeness (QED) is 0.716. The van der Waals surface area contributed by atoms with Crippen molar-refractivity contribution in [2.45, 2.75) is 19.3 Å². The number of aryl methyl sites for hydroxylation is 1. The molecule has 0 spiro atoms. The summed E-state index contributed by atoms with van der Waals surface area (Å²) in [5.74, 6) is -1.13. The van der Waals surface area contributed by atoms with Gasteiger partial charge in [0.15, 0.2) is 5.82 Å². The van der Waals surface area contributed by atoms with Gasteiger partial charge in [-0.3, -0.25) is 4.79 Å². The van der Waals surface area contributed by atoms with Gasteiger partial charge < -0.3 is 9.42 Å². The fraction of sp³-hybridized carbons (Fsp3) is 0.211. The minimum absolute atomic E-state index is 0.0693. The van der Waals surface area contributed by atoms with E-state index < -0.39 is 11.6 Å². The number of nitrogens with zero attached hydrogens (tertiary/aromatic N) is 3. The highest BCUT2D eigenvalue weighted by molar-refractivity contribution is 5.96. The summed E-state index contributed by atoms with van der Waals surface area (Å²) >= 11 is 0. The minimum atomic E-state index is -0.644. The first-order valence-electron chi connectivity index (χ1n) is 8.18. The summed E-state index contributed by atoms with van der Waals surface area (Å²) in [4.78, 5) is 17.9. The zero-order valence-electron chi connectivity index (χ0n) is 13.9. The van der Waals surface area contributed by atoms with Crippen LogP contribution in [0.2, 0.25) is 0 Å². The summed E-state index contributed by atoms with van der Waals surface area (Å²) in [6.07, 6.45) is 0.114. The molecule has 1 amide bonds. The number of amides is 1. The predicted octanol–water partition coefficient (Wildman–Crippen LogP) is 3.84. The first-order valence-corrected chi connectivity index (χ1v) is 8.18. The van der Waals surface area contributed by atoms with Crippen molar-refractivity contribution < 1.29 is 18.1 Å². The number of aromatic nitrogens is 2. The minimum Gasteiger partial charge on any atom is -0.334 e. The maximum absolute atomic E-state index is 14.0. The third-order valence-corrected chi connectivity index (χ3v) is 4.51. The molecular formula is C19H15F2N3O2. The normalized spacial score (nSPS) is 17.1. The Kier molecular flexibility index (Phi) is 3.99. The third kappa shape index (κ3) is 2.85. The lowest BCUT2D eigenvalue weighted by atomic mass is 10.1. The van der Waals surface area contributed by atoms with E-state index in [4.69, 9.17) is 4.52 Å². The molecule has 1 fully saturated rings. The summed E-state index contributed by atoms with van der Waals surface area (Å²) in [6.45, 7) is 2.11. The van der Waals surface area contributed by atoms with E-state index in [1.54, 1.807) is 0 Å². The molecule has 7 heteroatoms. The third-order valence-electron chi connectivity index (χ3n) is 4.51. The molecule has 0 radical (unpaired) electrons. The second-order valence-electron chi connectivity index (χ2n) is 6.27. The summed E-state index contributed by atoms with van der Waals surface area (Å²) in [7, 11) is 0. The second-order valence-corrected chi connectivity index (χ2v) is 6.27. The molecule has 1 aromatic heterocycles. The predicted molar refractivity (Wildman–Crippen MR) is 90.5 cm³/mol. The first kappa shape index (κ1) is 16.4. The molecule has 1 saturated heterocycles. The molecule has 0 aliphatic carbocycles. The molecule has 1 atom stereocenters. The molecule has 26 heavy (non-hydrogen) atoms. The zero-order chi connectivity index (χ0) is 18.3. The van der Waals surface area contributed by atoms with Crippen LogP contribution in [0.25, 0.3) is 11.5 Å². The molecule has 1 aliphatic rings. The number of carbonyl (C=O) groups is 1. The highest BCUT2D eigenvalue weighted by Gasteiger charge is 2.36. The Labute approximate surface area is 148 Å². The van der Waals surface area contributed by atoms with E-state index in [-0.39, 0.29) is 30.5 Å². The number of anilines is 1. The average Bonchev–Trinajstić information content (AvgIpc) is 3.24. The monoisotopic (exact) mass is 355 g/mol. The number of hydrogen-bond donors (Lipinski definition) is 0. The highest BCUT2D eigenvalue weighted by atomic mass is 19.1. The SMILES string of the molecule is Cc1ccccc1-c1nc(C2CC(=O)N(c3cc(F)ccc3F)C2)no1. The molecule has 132 valence electrons. The molecule has 1 unspecified atom stereocenters. The van der Waals surface area contributed by atoms with E-state index >= 15 is 0 Å². The number of carbonyl (C=O) groups excluding carboxylic acids is 1. The van der Waals surface area contributed by atoms with Crippen LogP contribution in [0.3, 0.4) is 0 Å². The van der Waals surface area contributed by atoms with Crippen molar-refractivity contribution in [1.82, 2.24) is 10.1 Å². The van der Waals surface area contributed by atoms with Crippen LogP contribution in [0.1, 0.15) is 23.7 Å². The van der Waals surface area contributed by atoms with Crippen molar-refractivity contribution in [3.63, 3.8) is 0 Å². The lowest BCUT2D eigenvalue weighted by Crippen LogP contribution is -2.25. The van der Waals surface area contributed by atoms with Gasteiger partial charge in [-0.2, -0.15) is 4.98 Å². The standard InChI is InChI=1S/C19H15F2N3O2/c1-11-4-2-3-5-14(11)19-22-18(23-26-19)12-8-17(25)24(10-12)16-9-13(20)6-7-15(16)21/h2-7,9,12H,8,10H2,1H3. The fourth-order valence-electron chi connectivity index (χ4n) is 3.13. The van der Waals surface area contributed by atoms with Crippen LogP contribution in [-0.4, -0.2) is 22.6 Å². The van der Waals surface area contributed by atoms with Crippen LogP contribution < -0.4 is 4.90 Å². The van der Waals surface area contributed by atoms with Crippen LogP contribution in [0.5, 0.6) is 0 Å². The summed E-state index contributed by atoms with van der Waals surface area (Å²) in [5, 5.41) is 3.99. The molecule has 0 saturated carbocycles. The van der Waals surface area contributed by atoms with E-state index in [0.29, 0.717) is 11.7 Å². The van der Waals surface area contributed by atoms with E-state index in [1.165, 1.54) is 4.90 Å². The van der Waals surface area contributed by atoms with Gasteiger partial charge in [0.25, 0.3) is 5.89 Å². The number of hydrogen-bond acceptors (Lipinski definition) is 4. The summed E-state index contributed by atoms with van der Waals surface area (Å²) < 4.78 is 32.8. The lowest BCUT2D eigenvalue weighted by molar-refractivity contribution is -0.117. The van der Waals surface area contributed by atoms with Gasteiger partial charge in [0.2, 0.25) is 5.91 Å². The van der Waals surface area contributed by atoms with E-state index in [2.05, 4.69) is 10.1 Å².